The lowest BCUT2D eigenvalue weighted by Gasteiger charge is -2.31. The number of primary amides is 1. The Balaban J connectivity index is 2.10. The lowest BCUT2D eigenvalue weighted by Crippen LogP contribution is -2.45. The van der Waals surface area contributed by atoms with E-state index < -0.39 is 18.5 Å². The van der Waals surface area contributed by atoms with E-state index in [1.165, 1.54) is 17.0 Å². The summed E-state index contributed by atoms with van der Waals surface area (Å²) in [4.78, 5) is 37.9. The first-order chi connectivity index (χ1) is 14.4. The third-order valence-corrected chi connectivity index (χ3v) is 4.65. The van der Waals surface area contributed by atoms with Crippen LogP contribution in [-0.4, -0.2) is 62.2 Å². The van der Waals surface area contributed by atoms with Crippen molar-refractivity contribution >= 4 is 17.8 Å². The average molecular weight is 422 g/mol. The second kappa shape index (κ2) is 11.3. The number of hydrogen-bond acceptors (Lipinski definition) is 7. The van der Waals surface area contributed by atoms with E-state index in [2.05, 4.69) is 0 Å². The van der Waals surface area contributed by atoms with Crippen LogP contribution in [0.2, 0.25) is 0 Å². The van der Waals surface area contributed by atoms with Crippen LogP contribution in [0.1, 0.15) is 44.0 Å². The van der Waals surface area contributed by atoms with E-state index in [4.69, 9.17) is 24.7 Å². The first-order valence-corrected chi connectivity index (χ1v) is 10.2. The van der Waals surface area contributed by atoms with Crippen molar-refractivity contribution in [2.24, 2.45) is 11.7 Å². The Labute approximate surface area is 176 Å². The number of esters is 1. The molecule has 1 aliphatic rings. The molecular formula is C21H30N2O7. The van der Waals surface area contributed by atoms with Gasteiger partial charge in [-0.2, -0.15) is 0 Å². The van der Waals surface area contributed by atoms with E-state index in [0.29, 0.717) is 56.5 Å². The van der Waals surface area contributed by atoms with E-state index in [1.807, 2.05) is 20.8 Å². The molecule has 2 rings (SSSR count). The predicted molar refractivity (Wildman–Crippen MR) is 109 cm³/mol. The summed E-state index contributed by atoms with van der Waals surface area (Å²) in [6.07, 6.45) is 1.34. The smallest absolute Gasteiger partial charge is 0.338 e. The predicted octanol–water partition coefficient (Wildman–Crippen LogP) is 1.76. The Morgan fingerprint density at radius 2 is 1.63 bits per heavy atom. The van der Waals surface area contributed by atoms with Crippen LogP contribution < -0.4 is 19.9 Å². The second-order valence-electron chi connectivity index (χ2n) is 6.76. The Kier molecular flexibility index (Phi) is 8.76. The minimum atomic E-state index is -0.684. The summed E-state index contributed by atoms with van der Waals surface area (Å²) in [6, 6.07) is 3.02. The molecule has 166 valence electrons. The maximum Gasteiger partial charge on any atom is 0.338 e. The van der Waals surface area contributed by atoms with Crippen LogP contribution in [0.5, 0.6) is 17.2 Å². The fourth-order valence-corrected chi connectivity index (χ4v) is 3.24. The van der Waals surface area contributed by atoms with E-state index in [0.717, 1.165) is 0 Å². The number of piperidine rings is 1. The van der Waals surface area contributed by atoms with Crippen LogP contribution >= 0.6 is 0 Å². The maximum atomic E-state index is 12.6. The average Bonchev–Trinajstić information content (AvgIpc) is 2.74. The molecule has 30 heavy (non-hydrogen) atoms. The number of carbonyl (C=O) groups is 3. The highest BCUT2D eigenvalue weighted by Gasteiger charge is 2.28. The first kappa shape index (κ1) is 23.3. The minimum absolute atomic E-state index is 0.187. The van der Waals surface area contributed by atoms with Crippen molar-refractivity contribution in [2.45, 2.75) is 33.6 Å². The Hall–Kier alpha value is -2.97. The summed E-state index contributed by atoms with van der Waals surface area (Å²) in [7, 11) is 0. The molecule has 1 aliphatic heterocycles. The van der Waals surface area contributed by atoms with Gasteiger partial charge in [0.25, 0.3) is 5.91 Å². The number of benzene rings is 1. The van der Waals surface area contributed by atoms with Crippen molar-refractivity contribution in [3.63, 3.8) is 0 Å². The molecule has 0 bridgehead atoms. The third-order valence-electron chi connectivity index (χ3n) is 4.65. The highest BCUT2D eigenvalue weighted by atomic mass is 16.5. The molecule has 0 unspecified atom stereocenters. The molecule has 9 heteroatoms. The van der Waals surface area contributed by atoms with Crippen molar-refractivity contribution in [2.75, 3.05) is 39.5 Å². The van der Waals surface area contributed by atoms with Crippen molar-refractivity contribution in [1.29, 1.82) is 0 Å². The van der Waals surface area contributed by atoms with Crippen LogP contribution in [0.3, 0.4) is 0 Å². The molecule has 1 saturated heterocycles. The number of rotatable bonds is 10. The van der Waals surface area contributed by atoms with Crippen molar-refractivity contribution < 1.29 is 33.3 Å². The largest absolute Gasteiger partial charge is 0.490 e. The third kappa shape index (κ3) is 6.01. The van der Waals surface area contributed by atoms with Gasteiger partial charge in [-0.3, -0.25) is 9.59 Å². The topological polar surface area (TPSA) is 117 Å². The number of ether oxygens (including phenoxy) is 4. The highest BCUT2D eigenvalue weighted by Crippen LogP contribution is 2.39. The van der Waals surface area contributed by atoms with Gasteiger partial charge in [0.15, 0.2) is 18.1 Å². The number of carbonyl (C=O) groups excluding carboxylic acids is 3. The fraction of sp³-hybridized carbons (Fsp3) is 0.571. The maximum absolute atomic E-state index is 12.6. The van der Waals surface area contributed by atoms with Crippen molar-refractivity contribution in [3.05, 3.63) is 17.7 Å². The zero-order valence-corrected chi connectivity index (χ0v) is 17.8. The van der Waals surface area contributed by atoms with Gasteiger partial charge in [0.05, 0.1) is 31.3 Å². The summed E-state index contributed by atoms with van der Waals surface area (Å²) in [5, 5.41) is 0. The van der Waals surface area contributed by atoms with E-state index in [9.17, 15) is 14.4 Å². The lowest BCUT2D eigenvalue weighted by molar-refractivity contribution is -0.137. The van der Waals surface area contributed by atoms with Crippen LogP contribution in [-0.2, 0) is 14.3 Å². The number of nitrogens with zero attached hydrogens (tertiary/aromatic N) is 1. The van der Waals surface area contributed by atoms with Crippen LogP contribution in [0.4, 0.5) is 0 Å². The number of hydrogen-bond donors (Lipinski definition) is 1. The van der Waals surface area contributed by atoms with Crippen LogP contribution in [0.15, 0.2) is 12.1 Å². The standard InChI is InChI=1S/C21H30N2O7/c1-4-27-16-10-15(11-17(28-5-2)19(16)29-6-3)21(26)30-13-18(24)23-9-7-8-14(12-23)20(22)25/h10-11,14H,4-9,12-13H2,1-3H3,(H2,22,25)/t14-/m1/s1. The van der Waals surface area contributed by atoms with Gasteiger partial charge in [0.2, 0.25) is 11.7 Å². The van der Waals surface area contributed by atoms with Crippen molar-refractivity contribution in [3.8, 4) is 17.2 Å². The zero-order valence-electron chi connectivity index (χ0n) is 17.8. The molecular weight excluding hydrogens is 392 g/mol. The normalized spacial score (nSPS) is 16.0. The highest BCUT2D eigenvalue weighted by molar-refractivity contribution is 5.93. The molecule has 0 aliphatic carbocycles. The van der Waals surface area contributed by atoms with Gasteiger partial charge in [-0.05, 0) is 45.7 Å². The Morgan fingerprint density at radius 1 is 1.03 bits per heavy atom. The molecule has 1 atom stereocenters. The van der Waals surface area contributed by atoms with Crippen molar-refractivity contribution in [1.82, 2.24) is 4.90 Å². The number of amides is 2. The summed E-state index contributed by atoms with van der Waals surface area (Å²) in [6.45, 7) is 6.95. The van der Waals surface area contributed by atoms with Gasteiger partial charge in [0, 0.05) is 13.1 Å². The molecule has 2 amide bonds. The Bertz CT molecular complexity index is 739. The number of nitrogens with two attached hydrogens (primary N) is 1. The SMILES string of the molecule is CCOc1cc(C(=O)OCC(=O)N2CCC[C@@H](C(N)=O)C2)cc(OCC)c1OCC. The molecule has 0 spiro atoms. The van der Waals surface area contributed by atoms with Gasteiger partial charge < -0.3 is 29.6 Å². The van der Waals surface area contributed by atoms with E-state index in [1.54, 1.807) is 0 Å². The zero-order chi connectivity index (χ0) is 22.1. The molecule has 1 fully saturated rings. The van der Waals surface area contributed by atoms with Crippen LogP contribution in [0.25, 0.3) is 0 Å². The summed E-state index contributed by atoms with van der Waals surface area (Å²) >= 11 is 0. The lowest BCUT2D eigenvalue weighted by atomic mass is 9.97. The quantitative estimate of drug-likeness (QED) is 0.571. The molecule has 1 aromatic carbocycles. The Morgan fingerprint density at radius 3 is 2.17 bits per heavy atom. The fourth-order valence-electron chi connectivity index (χ4n) is 3.24. The molecule has 1 aromatic rings. The van der Waals surface area contributed by atoms with Gasteiger partial charge in [-0.1, -0.05) is 0 Å². The van der Waals surface area contributed by atoms with Gasteiger partial charge in [0.1, 0.15) is 0 Å². The first-order valence-electron chi connectivity index (χ1n) is 10.2. The van der Waals surface area contributed by atoms with Gasteiger partial charge >= 0.3 is 5.97 Å². The van der Waals surface area contributed by atoms with Gasteiger partial charge in [-0.15, -0.1) is 0 Å². The molecule has 9 nitrogen and oxygen atoms in total. The summed E-state index contributed by atoms with van der Waals surface area (Å²) < 4.78 is 22.0. The van der Waals surface area contributed by atoms with E-state index in [-0.39, 0.29) is 23.9 Å². The van der Waals surface area contributed by atoms with Gasteiger partial charge in [-0.25, -0.2) is 4.79 Å². The minimum Gasteiger partial charge on any atom is -0.490 e. The van der Waals surface area contributed by atoms with E-state index >= 15 is 0 Å². The molecule has 2 N–H and O–H groups in total. The molecule has 0 radical (unpaired) electrons. The second-order valence-corrected chi connectivity index (χ2v) is 6.76. The van der Waals surface area contributed by atoms with Crippen LogP contribution in [0, 0.1) is 5.92 Å². The molecule has 0 saturated carbocycles. The number of likely N-dealkylation sites (tertiary alicyclic amines) is 1. The monoisotopic (exact) mass is 422 g/mol. The molecule has 1 heterocycles. The molecule has 0 aromatic heterocycles. The summed E-state index contributed by atoms with van der Waals surface area (Å²) in [5.74, 6) is -0.697. The summed E-state index contributed by atoms with van der Waals surface area (Å²) in [5.41, 5.74) is 5.53.